The van der Waals surface area contributed by atoms with E-state index in [1.54, 1.807) is 31.7 Å². The predicted molar refractivity (Wildman–Crippen MR) is 89.0 cm³/mol. The number of aryl methyl sites for hydroxylation is 1. The molecule has 0 aliphatic carbocycles. The van der Waals surface area contributed by atoms with Crippen LogP contribution >= 0.6 is 11.3 Å². The molecular weight excluding hydrogens is 314 g/mol. The summed E-state index contributed by atoms with van der Waals surface area (Å²) in [6.07, 6.45) is 0.269. The van der Waals surface area contributed by atoms with Crippen molar-refractivity contribution in [2.75, 3.05) is 14.2 Å². The van der Waals surface area contributed by atoms with Gasteiger partial charge in [0.15, 0.2) is 11.6 Å². The number of aromatic nitrogens is 1. The average Bonchev–Trinajstić information content (AvgIpc) is 2.99. The van der Waals surface area contributed by atoms with Crippen molar-refractivity contribution in [1.82, 2.24) is 4.98 Å². The lowest BCUT2D eigenvalue weighted by atomic mass is 10.0. The van der Waals surface area contributed by atoms with Gasteiger partial charge in [-0.25, -0.2) is 4.98 Å². The van der Waals surface area contributed by atoms with Crippen LogP contribution in [-0.4, -0.2) is 30.8 Å². The standard InChI is InChI=1S/C17H19NO4S/c1-10-16(21-3)7-12(8-17(10)22-4)14(19)5-6-15(20)13-9-23-11(2)18-13/h7-9H,5-6H2,1-4H3. The van der Waals surface area contributed by atoms with Crippen molar-refractivity contribution in [1.29, 1.82) is 0 Å². The minimum absolute atomic E-state index is 0.117. The maximum Gasteiger partial charge on any atom is 0.182 e. The first-order chi connectivity index (χ1) is 11.0. The van der Waals surface area contributed by atoms with Crippen molar-refractivity contribution in [2.24, 2.45) is 0 Å². The van der Waals surface area contributed by atoms with Crippen LogP contribution in [0.15, 0.2) is 17.5 Å². The number of rotatable bonds is 7. The molecule has 0 saturated carbocycles. The first-order valence-corrected chi connectivity index (χ1v) is 8.05. The van der Waals surface area contributed by atoms with Crippen molar-refractivity contribution in [2.45, 2.75) is 26.7 Å². The Kier molecular flexibility index (Phi) is 5.50. The number of hydrogen-bond acceptors (Lipinski definition) is 6. The third kappa shape index (κ3) is 3.96. The highest BCUT2D eigenvalue weighted by molar-refractivity contribution is 7.09. The highest BCUT2D eigenvalue weighted by atomic mass is 32.1. The summed E-state index contributed by atoms with van der Waals surface area (Å²) >= 11 is 1.42. The summed E-state index contributed by atoms with van der Waals surface area (Å²) < 4.78 is 10.5. The van der Waals surface area contributed by atoms with Gasteiger partial charge in [-0.2, -0.15) is 0 Å². The number of benzene rings is 1. The molecule has 5 nitrogen and oxygen atoms in total. The molecule has 1 aromatic carbocycles. The molecule has 1 aromatic heterocycles. The third-order valence-corrected chi connectivity index (χ3v) is 4.33. The zero-order valence-electron chi connectivity index (χ0n) is 13.6. The summed E-state index contributed by atoms with van der Waals surface area (Å²) in [7, 11) is 3.09. The zero-order valence-corrected chi connectivity index (χ0v) is 14.5. The van der Waals surface area contributed by atoms with Gasteiger partial charge in [0.2, 0.25) is 0 Å². The van der Waals surface area contributed by atoms with E-state index in [0.29, 0.717) is 22.8 Å². The quantitative estimate of drug-likeness (QED) is 0.724. The maximum atomic E-state index is 12.4. The number of nitrogens with zero attached hydrogens (tertiary/aromatic N) is 1. The van der Waals surface area contributed by atoms with Gasteiger partial charge in [-0.1, -0.05) is 0 Å². The number of ether oxygens (including phenoxy) is 2. The van der Waals surface area contributed by atoms with Crippen LogP contribution in [0.4, 0.5) is 0 Å². The van der Waals surface area contributed by atoms with Gasteiger partial charge in [0.1, 0.15) is 17.2 Å². The van der Waals surface area contributed by atoms with Crippen LogP contribution in [-0.2, 0) is 0 Å². The van der Waals surface area contributed by atoms with E-state index in [2.05, 4.69) is 4.98 Å². The van der Waals surface area contributed by atoms with E-state index < -0.39 is 0 Å². The SMILES string of the molecule is COc1cc(C(=O)CCC(=O)c2csc(C)n2)cc(OC)c1C. The Morgan fingerprint density at radius 1 is 1.04 bits per heavy atom. The lowest BCUT2D eigenvalue weighted by Crippen LogP contribution is -2.07. The summed E-state index contributed by atoms with van der Waals surface area (Å²) in [6.45, 7) is 3.71. The second-order valence-electron chi connectivity index (χ2n) is 5.10. The van der Waals surface area contributed by atoms with Crippen molar-refractivity contribution < 1.29 is 19.1 Å². The second-order valence-corrected chi connectivity index (χ2v) is 6.17. The van der Waals surface area contributed by atoms with Gasteiger partial charge in [-0.15, -0.1) is 11.3 Å². The Balaban J connectivity index is 2.10. The number of Topliss-reactive ketones (excluding diaryl/α,β-unsaturated/α-hetero) is 2. The van der Waals surface area contributed by atoms with Gasteiger partial charge in [0, 0.05) is 29.3 Å². The monoisotopic (exact) mass is 333 g/mol. The van der Waals surface area contributed by atoms with Crippen LogP contribution in [0, 0.1) is 13.8 Å². The van der Waals surface area contributed by atoms with Gasteiger partial charge >= 0.3 is 0 Å². The molecule has 122 valence electrons. The average molecular weight is 333 g/mol. The topological polar surface area (TPSA) is 65.5 Å². The summed E-state index contributed by atoms with van der Waals surface area (Å²) in [4.78, 5) is 28.5. The predicted octanol–water partition coefficient (Wildman–Crippen LogP) is 3.62. The number of carbonyl (C=O) groups is 2. The molecule has 0 spiro atoms. The van der Waals surface area contributed by atoms with Crippen molar-refractivity contribution in [3.63, 3.8) is 0 Å². The summed E-state index contributed by atoms with van der Waals surface area (Å²) in [5.74, 6) is 0.943. The van der Waals surface area contributed by atoms with Gasteiger partial charge in [-0.3, -0.25) is 9.59 Å². The summed E-state index contributed by atoms with van der Waals surface area (Å²) in [5.41, 5.74) is 1.74. The van der Waals surface area contributed by atoms with Crippen LogP contribution in [0.3, 0.4) is 0 Å². The number of hydrogen-bond donors (Lipinski definition) is 0. The fraction of sp³-hybridized carbons (Fsp3) is 0.353. The lowest BCUT2D eigenvalue weighted by molar-refractivity contribution is 0.0915. The molecule has 0 aliphatic heterocycles. The van der Waals surface area contributed by atoms with Gasteiger partial charge < -0.3 is 9.47 Å². The number of thiazole rings is 1. The van der Waals surface area contributed by atoms with E-state index in [9.17, 15) is 9.59 Å². The van der Waals surface area contributed by atoms with Crippen LogP contribution in [0.1, 0.15) is 44.3 Å². The Bertz CT molecular complexity index is 711. The summed E-state index contributed by atoms with van der Waals surface area (Å²) in [5, 5.41) is 2.56. The van der Waals surface area contributed by atoms with Gasteiger partial charge in [0.05, 0.1) is 19.2 Å². The fourth-order valence-corrected chi connectivity index (χ4v) is 2.86. The molecule has 0 atom stereocenters. The van der Waals surface area contributed by atoms with E-state index >= 15 is 0 Å². The molecule has 6 heteroatoms. The molecule has 1 heterocycles. The second kappa shape index (κ2) is 7.37. The van der Waals surface area contributed by atoms with Crippen LogP contribution in [0.25, 0.3) is 0 Å². The minimum Gasteiger partial charge on any atom is -0.496 e. The fourth-order valence-electron chi connectivity index (χ4n) is 2.24. The van der Waals surface area contributed by atoms with Crippen LogP contribution < -0.4 is 9.47 Å². The zero-order chi connectivity index (χ0) is 17.0. The lowest BCUT2D eigenvalue weighted by Gasteiger charge is -2.12. The highest BCUT2D eigenvalue weighted by Gasteiger charge is 2.16. The first kappa shape index (κ1) is 17.1. The number of carbonyl (C=O) groups excluding carboxylic acids is 2. The largest absolute Gasteiger partial charge is 0.496 e. The van der Waals surface area contributed by atoms with Crippen LogP contribution in [0.2, 0.25) is 0 Å². The molecule has 0 amide bonds. The molecule has 0 aliphatic rings. The van der Waals surface area contributed by atoms with Crippen molar-refractivity contribution >= 4 is 22.9 Å². The molecule has 0 radical (unpaired) electrons. The Hall–Kier alpha value is -2.21. The maximum absolute atomic E-state index is 12.4. The summed E-state index contributed by atoms with van der Waals surface area (Å²) in [6, 6.07) is 3.36. The number of ketones is 2. The Labute approximate surface area is 139 Å². The van der Waals surface area contributed by atoms with E-state index in [-0.39, 0.29) is 24.4 Å². The molecule has 2 aromatic rings. The van der Waals surface area contributed by atoms with Crippen molar-refractivity contribution in [3.8, 4) is 11.5 Å². The van der Waals surface area contributed by atoms with Crippen LogP contribution in [0.5, 0.6) is 11.5 Å². The first-order valence-electron chi connectivity index (χ1n) is 7.17. The normalized spacial score (nSPS) is 10.4. The highest BCUT2D eigenvalue weighted by Crippen LogP contribution is 2.30. The van der Waals surface area contributed by atoms with E-state index in [0.717, 1.165) is 10.6 Å². The minimum atomic E-state index is -0.123. The molecule has 23 heavy (non-hydrogen) atoms. The van der Waals surface area contributed by atoms with E-state index in [4.69, 9.17) is 9.47 Å². The Morgan fingerprint density at radius 2 is 1.61 bits per heavy atom. The third-order valence-electron chi connectivity index (χ3n) is 3.56. The van der Waals surface area contributed by atoms with E-state index in [1.807, 2.05) is 13.8 Å². The van der Waals surface area contributed by atoms with Gasteiger partial charge in [0.25, 0.3) is 0 Å². The molecule has 0 unspecified atom stereocenters. The molecule has 2 rings (SSSR count). The molecule has 0 fully saturated rings. The molecule has 0 bridgehead atoms. The van der Waals surface area contributed by atoms with Gasteiger partial charge in [-0.05, 0) is 26.0 Å². The molecular formula is C17H19NO4S. The smallest absolute Gasteiger partial charge is 0.182 e. The van der Waals surface area contributed by atoms with E-state index in [1.165, 1.54) is 11.3 Å². The molecule has 0 saturated heterocycles. The van der Waals surface area contributed by atoms with Crippen molar-refractivity contribution in [3.05, 3.63) is 39.3 Å². The Morgan fingerprint density at radius 3 is 2.09 bits per heavy atom. The number of methoxy groups -OCH3 is 2. The molecule has 0 N–H and O–H groups in total.